The van der Waals surface area contributed by atoms with Crippen LogP contribution in [0.1, 0.15) is 28.8 Å². The Hall–Kier alpha value is -4.11. The van der Waals surface area contributed by atoms with Crippen LogP contribution in [0.15, 0.2) is 91.0 Å². The van der Waals surface area contributed by atoms with Crippen LogP contribution in [-0.4, -0.2) is 42.0 Å². The van der Waals surface area contributed by atoms with E-state index in [1.165, 1.54) is 18.2 Å². The minimum atomic E-state index is -4.51. The van der Waals surface area contributed by atoms with Crippen molar-refractivity contribution in [3.63, 3.8) is 0 Å². The van der Waals surface area contributed by atoms with E-state index in [9.17, 15) is 27.9 Å². The van der Waals surface area contributed by atoms with Gasteiger partial charge in [0.1, 0.15) is 30.7 Å². The number of alkyl halides is 3. The first-order chi connectivity index (χ1) is 19.2. The van der Waals surface area contributed by atoms with Crippen LogP contribution >= 0.6 is 0 Å². The molecule has 1 unspecified atom stereocenters. The Labute approximate surface area is 229 Å². The zero-order valence-corrected chi connectivity index (χ0v) is 21.3. The molecule has 1 aliphatic carbocycles. The fourth-order valence-electron chi connectivity index (χ4n) is 5.18. The Bertz CT molecular complexity index is 1370. The molecule has 1 saturated heterocycles. The second-order valence-electron chi connectivity index (χ2n) is 9.89. The molecule has 1 N–H and O–H groups in total. The molecule has 5 rings (SSSR count). The van der Waals surface area contributed by atoms with Gasteiger partial charge in [0.05, 0.1) is 17.5 Å². The van der Waals surface area contributed by atoms with Crippen LogP contribution in [0.3, 0.4) is 0 Å². The summed E-state index contributed by atoms with van der Waals surface area (Å²) >= 11 is 0. The summed E-state index contributed by atoms with van der Waals surface area (Å²) in [5, 5.41) is 10.4. The van der Waals surface area contributed by atoms with Crippen LogP contribution in [0.5, 0.6) is 5.75 Å². The van der Waals surface area contributed by atoms with E-state index in [-0.39, 0.29) is 30.7 Å². The van der Waals surface area contributed by atoms with Gasteiger partial charge in [-0.3, -0.25) is 4.79 Å². The van der Waals surface area contributed by atoms with Gasteiger partial charge in [0.2, 0.25) is 0 Å². The lowest BCUT2D eigenvalue weighted by Gasteiger charge is -2.21. The van der Waals surface area contributed by atoms with Crippen molar-refractivity contribution in [3.05, 3.63) is 102 Å². The molecule has 9 heteroatoms. The van der Waals surface area contributed by atoms with Crippen molar-refractivity contribution < 1.29 is 42.1 Å². The monoisotopic (exact) mass is 552 g/mol. The van der Waals surface area contributed by atoms with E-state index in [0.29, 0.717) is 12.0 Å². The summed E-state index contributed by atoms with van der Waals surface area (Å²) in [4.78, 5) is 24.9. The smallest absolute Gasteiger partial charge is 0.416 e. The van der Waals surface area contributed by atoms with Gasteiger partial charge in [0, 0.05) is 18.3 Å². The maximum absolute atomic E-state index is 13.0. The minimum Gasteiger partial charge on any atom is -0.491 e. The molecule has 2 fully saturated rings. The number of hydrogen-bond acceptors (Lipinski definition) is 6. The first kappa shape index (κ1) is 27.5. The van der Waals surface area contributed by atoms with Crippen molar-refractivity contribution in [2.24, 2.45) is 11.8 Å². The maximum Gasteiger partial charge on any atom is 0.416 e. The molecule has 1 aliphatic heterocycles. The average Bonchev–Trinajstić information content (AvgIpc) is 3.46. The molecule has 0 spiro atoms. The average molecular weight is 553 g/mol. The highest BCUT2D eigenvalue weighted by atomic mass is 19.4. The van der Waals surface area contributed by atoms with E-state index in [1.807, 2.05) is 42.5 Å². The van der Waals surface area contributed by atoms with E-state index >= 15 is 0 Å². The predicted octanol–water partition coefficient (Wildman–Crippen LogP) is 5.85. The van der Waals surface area contributed by atoms with E-state index < -0.39 is 41.9 Å². The Balaban J connectivity index is 1.23. The zero-order chi connectivity index (χ0) is 28.3. The second-order valence-corrected chi connectivity index (χ2v) is 9.89. The topological polar surface area (TPSA) is 82.1 Å². The molecular weight excluding hydrogens is 525 g/mol. The number of esters is 2. The first-order valence-electron chi connectivity index (χ1n) is 12.9. The number of fused-ring (bicyclic) bond motifs is 1. The molecule has 2 aliphatic rings. The number of hydrogen-bond donors (Lipinski definition) is 1. The molecule has 0 bridgehead atoms. The van der Waals surface area contributed by atoms with Gasteiger partial charge in [0.25, 0.3) is 0 Å². The van der Waals surface area contributed by atoms with Gasteiger partial charge < -0.3 is 19.3 Å². The third-order valence-corrected chi connectivity index (χ3v) is 7.17. The van der Waals surface area contributed by atoms with E-state index in [4.69, 9.17) is 14.2 Å². The molecule has 0 amide bonds. The summed E-state index contributed by atoms with van der Waals surface area (Å²) in [5.41, 5.74) is 1.51. The molecule has 3 aromatic rings. The summed E-state index contributed by atoms with van der Waals surface area (Å²) in [6, 6.07) is 21.2. The Morgan fingerprint density at radius 1 is 1.02 bits per heavy atom. The number of aliphatic hydroxyl groups excluding tert-OH is 1. The molecule has 1 saturated carbocycles. The highest BCUT2D eigenvalue weighted by Gasteiger charge is 2.50. The molecule has 208 valence electrons. The van der Waals surface area contributed by atoms with Crippen molar-refractivity contribution in [3.8, 4) is 16.9 Å². The fraction of sp³-hybridized carbons (Fsp3) is 0.290. The molecule has 3 aromatic carbocycles. The number of carbonyl (C=O) groups excluding carboxylic acids is 2. The van der Waals surface area contributed by atoms with Gasteiger partial charge in [-0.05, 0) is 41.5 Å². The quantitative estimate of drug-likeness (QED) is 0.279. The Morgan fingerprint density at radius 2 is 1.75 bits per heavy atom. The lowest BCUT2D eigenvalue weighted by Crippen LogP contribution is -2.25. The zero-order valence-electron chi connectivity index (χ0n) is 21.3. The molecule has 5 atom stereocenters. The Kier molecular flexibility index (Phi) is 7.93. The molecule has 0 aromatic heterocycles. The lowest BCUT2D eigenvalue weighted by molar-refractivity contribution is -0.142. The van der Waals surface area contributed by atoms with Crippen LogP contribution in [0.2, 0.25) is 0 Å². The SMILES string of the molecule is O=C1C[C@@H]2[C@@H](C=CC(O)COc3cccc(C(F)(F)F)c3)[C@H](OC(=O)c3ccc(-c4ccccc4)cc3)C[C@@H]2O1. The van der Waals surface area contributed by atoms with Crippen LogP contribution in [0.25, 0.3) is 11.1 Å². The van der Waals surface area contributed by atoms with Crippen LogP contribution in [0, 0.1) is 11.8 Å². The van der Waals surface area contributed by atoms with Crippen LogP contribution in [-0.2, 0) is 20.4 Å². The molecule has 6 nitrogen and oxygen atoms in total. The summed E-state index contributed by atoms with van der Waals surface area (Å²) in [6.45, 7) is -0.285. The Morgan fingerprint density at radius 3 is 2.48 bits per heavy atom. The summed E-state index contributed by atoms with van der Waals surface area (Å²) in [7, 11) is 0. The number of halogens is 3. The van der Waals surface area contributed by atoms with Gasteiger partial charge >= 0.3 is 18.1 Å². The van der Waals surface area contributed by atoms with Gasteiger partial charge in [-0.15, -0.1) is 0 Å². The van der Waals surface area contributed by atoms with Gasteiger partial charge in [-0.2, -0.15) is 13.2 Å². The standard InChI is InChI=1S/C31H27F3O6/c32-31(33,34)22-7-4-8-24(15-22)38-18-23(35)13-14-25-26-16-29(36)39-28(26)17-27(25)40-30(37)21-11-9-20(10-12-21)19-5-2-1-3-6-19/h1-15,23,25-28,35H,16-18H2/t23?,25-,26-,27-,28+/m1/s1. The predicted molar refractivity (Wildman–Crippen MR) is 139 cm³/mol. The summed E-state index contributed by atoms with van der Waals surface area (Å²) in [6.07, 6.45) is -3.03. The second kappa shape index (κ2) is 11.6. The van der Waals surface area contributed by atoms with Crippen molar-refractivity contribution >= 4 is 11.9 Å². The van der Waals surface area contributed by atoms with Crippen LogP contribution in [0.4, 0.5) is 13.2 Å². The number of aliphatic hydroxyl groups is 1. The molecule has 0 radical (unpaired) electrons. The van der Waals surface area contributed by atoms with E-state index in [1.54, 1.807) is 18.2 Å². The normalized spacial score (nSPS) is 23.1. The number of rotatable bonds is 8. The van der Waals surface area contributed by atoms with Gasteiger partial charge in [0.15, 0.2) is 0 Å². The lowest BCUT2D eigenvalue weighted by atomic mass is 9.91. The highest BCUT2D eigenvalue weighted by Crippen LogP contribution is 2.44. The highest BCUT2D eigenvalue weighted by molar-refractivity contribution is 5.90. The van der Waals surface area contributed by atoms with Gasteiger partial charge in [-0.25, -0.2) is 4.79 Å². The van der Waals surface area contributed by atoms with Crippen molar-refractivity contribution in [2.45, 2.75) is 37.3 Å². The summed E-state index contributed by atoms with van der Waals surface area (Å²) in [5.74, 6) is -1.49. The minimum absolute atomic E-state index is 0.0249. The molecule has 40 heavy (non-hydrogen) atoms. The first-order valence-corrected chi connectivity index (χ1v) is 12.9. The van der Waals surface area contributed by atoms with E-state index in [2.05, 4.69) is 0 Å². The number of benzene rings is 3. The third kappa shape index (κ3) is 6.37. The third-order valence-electron chi connectivity index (χ3n) is 7.17. The molecule has 1 heterocycles. The van der Waals surface area contributed by atoms with Crippen LogP contribution < -0.4 is 4.74 Å². The van der Waals surface area contributed by atoms with Gasteiger partial charge in [-0.1, -0.05) is 60.7 Å². The molecular formula is C31H27F3O6. The van der Waals surface area contributed by atoms with Crippen molar-refractivity contribution in [1.82, 2.24) is 0 Å². The summed E-state index contributed by atoms with van der Waals surface area (Å²) < 4.78 is 55.4. The maximum atomic E-state index is 13.0. The fourth-order valence-corrected chi connectivity index (χ4v) is 5.18. The van der Waals surface area contributed by atoms with E-state index in [0.717, 1.165) is 23.3 Å². The van der Waals surface area contributed by atoms with Crippen molar-refractivity contribution in [2.75, 3.05) is 6.61 Å². The number of ether oxygens (including phenoxy) is 3. The largest absolute Gasteiger partial charge is 0.491 e. The number of carbonyl (C=O) groups is 2. The van der Waals surface area contributed by atoms with Crippen molar-refractivity contribution in [1.29, 1.82) is 0 Å².